The third-order valence-electron chi connectivity index (χ3n) is 5.10. The van der Waals surface area contributed by atoms with Gasteiger partial charge in [-0.05, 0) is 30.2 Å². The van der Waals surface area contributed by atoms with Crippen molar-refractivity contribution in [1.82, 2.24) is 10.3 Å². The molecule has 2 heterocycles. The Bertz CT molecular complexity index is 1100. The molecule has 1 aliphatic heterocycles. The van der Waals surface area contributed by atoms with Crippen molar-refractivity contribution in [2.24, 2.45) is 0 Å². The molecule has 0 amide bonds. The molecule has 4 rings (SSSR count). The van der Waals surface area contributed by atoms with E-state index in [4.69, 9.17) is 16.3 Å². The third kappa shape index (κ3) is 5.26. The van der Waals surface area contributed by atoms with Crippen molar-refractivity contribution in [2.75, 3.05) is 18.1 Å². The van der Waals surface area contributed by atoms with Crippen LogP contribution in [0.4, 0.5) is 0 Å². The van der Waals surface area contributed by atoms with Gasteiger partial charge in [-0.1, -0.05) is 48.0 Å². The highest BCUT2D eigenvalue weighted by Gasteiger charge is 2.27. The summed E-state index contributed by atoms with van der Waals surface area (Å²) in [4.78, 5) is 4.68. The van der Waals surface area contributed by atoms with Gasteiger partial charge in [0.05, 0.1) is 23.6 Å². The summed E-state index contributed by atoms with van der Waals surface area (Å²) in [5, 5.41) is 4.95. The summed E-state index contributed by atoms with van der Waals surface area (Å²) in [5.41, 5.74) is 2.89. The van der Waals surface area contributed by atoms with Crippen molar-refractivity contribution in [2.45, 2.75) is 25.4 Å². The minimum Gasteiger partial charge on any atom is -0.477 e. The van der Waals surface area contributed by atoms with Gasteiger partial charge in [0, 0.05) is 35.0 Å². The van der Waals surface area contributed by atoms with Gasteiger partial charge in [-0.3, -0.25) is 0 Å². The van der Waals surface area contributed by atoms with Crippen molar-refractivity contribution < 1.29 is 13.2 Å². The number of pyridine rings is 1. The van der Waals surface area contributed by atoms with Crippen molar-refractivity contribution in [1.29, 1.82) is 0 Å². The molecule has 0 spiro atoms. The first-order chi connectivity index (χ1) is 14.0. The summed E-state index contributed by atoms with van der Waals surface area (Å²) in [7, 11) is -2.92. The maximum Gasteiger partial charge on any atom is 0.218 e. The molecule has 1 saturated heterocycles. The predicted molar refractivity (Wildman–Crippen MR) is 116 cm³/mol. The number of aromatic nitrogens is 1. The number of halogens is 1. The second-order valence-electron chi connectivity index (χ2n) is 7.35. The smallest absolute Gasteiger partial charge is 0.218 e. The van der Waals surface area contributed by atoms with Crippen LogP contribution in [0.1, 0.15) is 17.5 Å². The quantitative estimate of drug-likeness (QED) is 0.617. The molecule has 0 saturated carbocycles. The van der Waals surface area contributed by atoms with Crippen LogP contribution in [-0.4, -0.2) is 37.6 Å². The number of hydrogen-bond acceptors (Lipinski definition) is 5. The highest BCUT2D eigenvalue weighted by Crippen LogP contribution is 2.25. The van der Waals surface area contributed by atoms with Gasteiger partial charge in [0.1, 0.15) is 0 Å². The Balaban J connectivity index is 1.51. The molecule has 1 aliphatic rings. The van der Waals surface area contributed by atoms with Crippen LogP contribution in [0.3, 0.4) is 0 Å². The van der Waals surface area contributed by atoms with Gasteiger partial charge in [-0.25, -0.2) is 13.4 Å². The van der Waals surface area contributed by atoms with E-state index >= 15 is 0 Å². The Hall–Kier alpha value is -2.15. The number of fused-ring (bicyclic) bond motifs is 1. The van der Waals surface area contributed by atoms with Crippen LogP contribution in [0.5, 0.6) is 5.88 Å². The van der Waals surface area contributed by atoms with Gasteiger partial charge >= 0.3 is 0 Å². The summed E-state index contributed by atoms with van der Waals surface area (Å²) >= 11 is 6.12. The number of hydrogen-bond donors (Lipinski definition) is 1. The lowest BCUT2D eigenvalue weighted by Crippen LogP contribution is -2.29. The molecule has 0 radical (unpaired) electrons. The molecule has 7 heteroatoms. The second-order valence-corrected chi connectivity index (χ2v) is 10.0. The third-order valence-corrected chi connectivity index (χ3v) is 7.11. The molecule has 1 atom stereocenters. The molecule has 152 valence electrons. The van der Waals surface area contributed by atoms with Crippen molar-refractivity contribution in [3.05, 3.63) is 70.7 Å². The van der Waals surface area contributed by atoms with Gasteiger partial charge in [0.2, 0.25) is 5.88 Å². The minimum atomic E-state index is -2.92. The molecule has 2 aromatic carbocycles. The van der Waals surface area contributed by atoms with Crippen LogP contribution in [0, 0.1) is 0 Å². The number of rotatable bonds is 7. The monoisotopic (exact) mass is 430 g/mol. The lowest BCUT2D eigenvalue weighted by atomic mass is 10.1. The molecule has 1 aromatic heterocycles. The van der Waals surface area contributed by atoms with E-state index in [1.807, 2.05) is 42.5 Å². The molecule has 0 aliphatic carbocycles. The summed E-state index contributed by atoms with van der Waals surface area (Å²) in [6, 6.07) is 17.7. The number of nitrogens with one attached hydrogen (secondary N) is 1. The summed E-state index contributed by atoms with van der Waals surface area (Å²) in [6.07, 6.45) is 1.42. The fourth-order valence-electron chi connectivity index (χ4n) is 3.54. The van der Waals surface area contributed by atoms with Gasteiger partial charge < -0.3 is 10.1 Å². The number of benzene rings is 2. The van der Waals surface area contributed by atoms with E-state index in [2.05, 4.69) is 22.4 Å². The zero-order chi connectivity index (χ0) is 20.3. The Morgan fingerprint density at radius 3 is 2.72 bits per heavy atom. The molecular formula is C22H23ClN2O3S. The first kappa shape index (κ1) is 20.1. The van der Waals surface area contributed by atoms with Crippen molar-refractivity contribution >= 4 is 32.3 Å². The van der Waals surface area contributed by atoms with Gasteiger partial charge in [0.15, 0.2) is 9.84 Å². The summed E-state index contributed by atoms with van der Waals surface area (Å²) in [6.45, 7) is 1.01. The lowest BCUT2D eigenvalue weighted by molar-refractivity contribution is 0.306. The normalized spacial score (nSPS) is 18.2. The molecule has 1 N–H and O–H groups in total. The maximum absolute atomic E-state index is 11.7. The Morgan fingerprint density at radius 2 is 1.97 bits per heavy atom. The van der Waals surface area contributed by atoms with Gasteiger partial charge in [-0.2, -0.15) is 0 Å². The van der Waals surface area contributed by atoms with E-state index in [1.54, 1.807) is 0 Å². The molecule has 29 heavy (non-hydrogen) atoms. The highest BCUT2D eigenvalue weighted by molar-refractivity contribution is 7.91. The molecular weight excluding hydrogens is 408 g/mol. The fraction of sp³-hybridized carbons (Fsp3) is 0.318. The zero-order valence-electron chi connectivity index (χ0n) is 16.0. The van der Waals surface area contributed by atoms with E-state index in [9.17, 15) is 8.42 Å². The topological polar surface area (TPSA) is 68.3 Å². The Kier molecular flexibility index (Phi) is 6.04. The first-order valence-corrected chi connectivity index (χ1v) is 11.9. The van der Waals surface area contributed by atoms with Crippen molar-refractivity contribution in [3.63, 3.8) is 0 Å². The number of nitrogens with zero attached hydrogens (tertiary/aromatic N) is 1. The first-order valence-electron chi connectivity index (χ1n) is 9.68. The van der Waals surface area contributed by atoms with E-state index in [0.717, 1.165) is 22.9 Å². The average Bonchev–Trinajstić information content (AvgIpc) is 3.06. The standard InChI is InChI=1S/C22H23ClN2O3S/c23-19-7-6-17-12-18(14-24-20-9-11-29(26,27)15-20)22(25-21(17)13-19)28-10-8-16-4-2-1-3-5-16/h1-7,12-13,20,24H,8-11,14-15H2. The van der Waals surface area contributed by atoms with Gasteiger partial charge in [-0.15, -0.1) is 0 Å². The second kappa shape index (κ2) is 8.69. The van der Waals surface area contributed by atoms with Gasteiger partial charge in [0.25, 0.3) is 0 Å². The van der Waals surface area contributed by atoms with Crippen LogP contribution in [-0.2, 0) is 22.8 Å². The van der Waals surface area contributed by atoms with E-state index in [1.165, 1.54) is 5.56 Å². The number of ether oxygens (including phenoxy) is 1. The largest absolute Gasteiger partial charge is 0.477 e. The van der Waals surface area contributed by atoms with E-state index in [0.29, 0.717) is 30.5 Å². The van der Waals surface area contributed by atoms with Crippen LogP contribution in [0.2, 0.25) is 5.02 Å². The fourth-order valence-corrected chi connectivity index (χ4v) is 5.41. The maximum atomic E-state index is 11.7. The summed E-state index contributed by atoms with van der Waals surface area (Å²) in [5.74, 6) is 0.997. The number of sulfone groups is 1. The lowest BCUT2D eigenvalue weighted by Gasteiger charge is -2.15. The molecule has 5 nitrogen and oxygen atoms in total. The Morgan fingerprint density at radius 1 is 1.14 bits per heavy atom. The Labute approximate surface area is 176 Å². The molecule has 1 fully saturated rings. The van der Waals surface area contributed by atoms with Crippen molar-refractivity contribution in [3.8, 4) is 5.88 Å². The highest BCUT2D eigenvalue weighted by atomic mass is 35.5. The predicted octanol–water partition coefficient (Wildman–Crippen LogP) is 3.79. The van der Waals surface area contributed by atoms with Crippen LogP contribution in [0.15, 0.2) is 54.6 Å². The van der Waals surface area contributed by atoms with Crippen LogP contribution < -0.4 is 10.1 Å². The van der Waals surface area contributed by atoms with Crippen LogP contribution in [0.25, 0.3) is 10.9 Å². The molecule has 3 aromatic rings. The summed E-state index contributed by atoms with van der Waals surface area (Å²) < 4.78 is 29.5. The zero-order valence-corrected chi connectivity index (χ0v) is 17.5. The molecule has 0 bridgehead atoms. The average molecular weight is 431 g/mol. The molecule has 1 unspecified atom stereocenters. The minimum absolute atomic E-state index is 0.0296. The van der Waals surface area contributed by atoms with E-state index in [-0.39, 0.29) is 17.5 Å². The van der Waals surface area contributed by atoms with E-state index < -0.39 is 9.84 Å². The van der Waals surface area contributed by atoms with Crippen LogP contribution >= 0.6 is 11.6 Å². The SMILES string of the molecule is O=S1(=O)CCC(NCc2cc3ccc(Cl)cc3nc2OCCc2ccccc2)C1.